The zero-order valence-corrected chi connectivity index (χ0v) is 13.9. The van der Waals surface area contributed by atoms with Crippen LogP contribution in [0.4, 0.5) is 15.8 Å². The highest BCUT2D eigenvalue weighted by atomic mass is 35.5. The van der Waals surface area contributed by atoms with Crippen molar-refractivity contribution < 1.29 is 14.0 Å². The lowest BCUT2D eigenvalue weighted by Gasteiger charge is -2.16. The number of rotatable bonds is 4. The van der Waals surface area contributed by atoms with Crippen molar-refractivity contribution in [1.29, 1.82) is 0 Å². The lowest BCUT2D eigenvalue weighted by Crippen LogP contribution is -2.35. The lowest BCUT2D eigenvalue weighted by atomic mass is 10.0. The highest BCUT2D eigenvalue weighted by Gasteiger charge is 2.56. The van der Waals surface area contributed by atoms with E-state index in [1.54, 1.807) is 18.2 Å². The minimum absolute atomic E-state index is 0.0520. The fraction of sp³-hybridized carbons (Fsp3) is 0.176. The molecule has 0 aromatic heterocycles. The molecule has 0 aliphatic heterocycles. The molecule has 4 nitrogen and oxygen atoms in total. The van der Waals surface area contributed by atoms with Crippen LogP contribution in [0.25, 0.3) is 0 Å². The number of benzene rings is 2. The standard InChI is InChI=1S/C17H13Cl2FN2O2/c18-11-6-5-10(9-12(11)19)21-15(23)17(7-8-17)16(24)22-14-4-2-1-3-13(14)20/h1-6,9H,7-8H2,(H,21,23)(H,22,24). The topological polar surface area (TPSA) is 58.2 Å². The van der Waals surface area contributed by atoms with E-state index < -0.39 is 23.0 Å². The second-order valence-corrected chi connectivity index (χ2v) is 6.41. The van der Waals surface area contributed by atoms with Gasteiger partial charge in [0.05, 0.1) is 15.7 Å². The van der Waals surface area contributed by atoms with Gasteiger partial charge in [0, 0.05) is 5.69 Å². The predicted octanol–water partition coefficient (Wildman–Crippen LogP) is 4.49. The zero-order valence-electron chi connectivity index (χ0n) is 12.4. The normalized spacial score (nSPS) is 14.8. The first-order valence-electron chi connectivity index (χ1n) is 7.25. The van der Waals surface area contributed by atoms with Gasteiger partial charge in [-0.15, -0.1) is 0 Å². The second-order valence-electron chi connectivity index (χ2n) is 5.60. The Balaban J connectivity index is 1.73. The summed E-state index contributed by atoms with van der Waals surface area (Å²) in [6.07, 6.45) is 0.806. The Hall–Kier alpha value is -2.11. The molecule has 3 rings (SSSR count). The van der Waals surface area contributed by atoms with Crippen LogP contribution in [0.1, 0.15) is 12.8 Å². The molecule has 2 N–H and O–H groups in total. The van der Waals surface area contributed by atoms with Gasteiger partial charge in [0.25, 0.3) is 0 Å². The van der Waals surface area contributed by atoms with Gasteiger partial charge in [0.15, 0.2) is 0 Å². The Morgan fingerprint density at radius 3 is 2.25 bits per heavy atom. The minimum Gasteiger partial charge on any atom is -0.325 e. The average Bonchev–Trinajstić information content (AvgIpc) is 3.35. The molecule has 1 saturated carbocycles. The molecule has 124 valence electrons. The van der Waals surface area contributed by atoms with Crippen molar-refractivity contribution in [3.8, 4) is 0 Å². The fourth-order valence-electron chi connectivity index (χ4n) is 2.31. The number of carbonyl (C=O) groups is 2. The van der Waals surface area contributed by atoms with Gasteiger partial charge in [-0.05, 0) is 43.2 Å². The first-order chi connectivity index (χ1) is 11.4. The van der Waals surface area contributed by atoms with E-state index in [9.17, 15) is 14.0 Å². The van der Waals surface area contributed by atoms with Crippen LogP contribution in [0, 0.1) is 11.2 Å². The summed E-state index contributed by atoms with van der Waals surface area (Å²) in [5.74, 6) is -1.52. The Morgan fingerprint density at radius 2 is 1.62 bits per heavy atom. The number of hydrogen-bond donors (Lipinski definition) is 2. The van der Waals surface area contributed by atoms with Gasteiger partial charge in [-0.25, -0.2) is 4.39 Å². The summed E-state index contributed by atoms with van der Waals surface area (Å²) in [5, 5.41) is 5.81. The van der Waals surface area contributed by atoms with Gasteiger partial charge in [-0.3, -0.25) is 9.59 Å². The molecular weight excluding hydrogens is 354 g/mol. The van der Waals surface area contributed by atoms with E-state index in [1.807, 2.05) is 0 Å². The maximum absolute atomic E-state index is 13.6. The molecule has 2 aromatic carbocycles. The Bertz CT molecular complexity index is 822. The molecule has 2 aromatic rings. The van der Waals surface area contributed by atoms with Crippen molar-refractivity contribution in [2.24, 2.45) is 5.41 Å². The second kappa shape index (κ2) is 6.42. The highest BCUT2D eigenvalue weighted by Crippen LogP contribution is 2.47. The van der Waals surface area contributed by atoms with E-state index >= 15 is 0 Å². The zero-order chi connectivity index (χ0) is 17.3. The van der Waals surface area contributed by atoms with Gasteiger partial charge >= 0.3 is 0 Å². The Morgan fingerprint density at radius 1 is 0.958 bits per heavy atom. The molecule has 0 unspecified atom stereocenters. The number of hydrogen-bond acceptors (Lipinski definition) is 2. The van der Waals surface area contributed by atoms with Crippen molar-refractivity contribution in [2.75, 3.05) is 10.6 Å². The molecule has 1 aliphatic carbocycles. The summed E-state index contributed by atoms with van der Waals surface area (Å²) in [5.41, 5.74) is -0.690. The largest absolute Gasteiger partial charge is 0.325 e. The first kappa shape index (κ1) is 16.7. The first-order valence-corrected chi connectivity index (χ1v) is 8.00. The quantitative estimate of drug-likeness (QED) is 0.783. The summed E-state index contributed by atoms with van der Waals surface area (Å²) in [6.45, 7) is 0. The van der Waals surface area contributed by atoms with Crippen molar-refractivity contribution in [2.45, 2.75) is 12.8 Å². The van der Waals surface area contributed by atoms with Crippen molar-refractivity contribution >= 4 is 46.4 Å². The predicted molar refractivity (Wildman–Crippen MR) is 91.8 cm³/mol. The van der Waals surface area contributed by atoms with Crippen molar-refractivity contribution in [3.63, 3.8) is 0 Å². The molecule has 7 heteroatoms. The van der Waals surface area contributed by atoms with Crippen LogP contribution in [0.3, 0.4) is 0 Å². The van der Waals surface area contributed by atoms with Gasteiger partial charge in [0.2, 0.25) is 11.8 Å². The van der Waals surface area contributed by atoms with Crippen LogP contribution < -0.4 is 10.6 Å². The smallest absolute Gasteiger partial charge is 0.240 e. The van der Waals surface area contributed by atoms with E-state index in [-0.39, 0.29) is 5.69 Å². The number of carbonyl (C=O) groups excluding carboxylic acids is 2. The highest BCUT2D eigenvalue weighted by molar-refractivity contribution is 6.42. The van der Waals surface area contributed by atoms with Gasteiger partial charge in [-0.2, -0.15) is 0 Å². The molecule has 0 spiro atoms. The molecule has 0 radical (unpaired) electrons. The van der Waals surface area contributed by atoms with E-state index in [4.69, 9.17) is 23.2 Å². The molecule has 1 aliphatic rings. The van der Waals surface area contributed by atoms with Crippen LogP contribution in [-0.4, -0.2) is 11.8 Å². The molecule has 0 bridgehead atoms. The van der Waals surface area contributed by atoms with Crippen LogP contribution in [0.2, 0.25) is 10.0 Å². The van der Waals surface area contributed by atoms with E-state index in [0.29, 0.717) is 28.6 Å². The number of para-hydroxylation sites is 1. The van der Waals surface area contributed by atoms with Gasteiger partial charge in [-0.1, -0.05) is 35.3 Å². The van der Waals surface area contributed by atoms with Crippen molar-refractivity contribution in [1.82, 2.24) is 0 Å². The van der Waals surface area contributed by atoms with E-state index in [2.05, 4.69) is 10.6 Å². The summed E-state index contributed by atoms with van der Waals surface area (Å²) >= 11 is 11.7. The third kappa shape index (κ3) is 3.23. The molecule has 1 fully saturated rings. The molecule has 0 saturated heterocycles. The van der Waals surface area contributed by atoms with Gasteiger partial charge < -0.3 is 10.6 Å². The molecule has 24 heavy (non-hydrogen) atoms. The number of halogens is 3. The summed E-state index contributed by atoms with van der Waals surface area (Å²) < 4.78 is 13.6. The summed E-state index contributed by atoms with van der Waals surface area (Å²) in [7, 11) is 0. The maximum Gasteiger partial charge on any atom is 0.240 e. The van der Waals surface area contributed by atoms with Gasteiger partial charge in [0.1, 0.15) is 11.2 Å². The van der Waals surface area contributed by atoms with Crippen molar-refractivity contribution in [3.05, 3.63) is 58.3 Å². The van der Waals surface area contributed by atoms with Crippen LogP contribution in [-0.2, 0) is 9.59 Å². The lowest BCUT2D eigenvalue weighted by molar-refractivity contribution is -0.131. The third-order valence-corrected chi connectivity index (χ3v) is 4.66. The van der Waals surface area contributed by atoms with Crippen LogP contribution >= 0.6 is 23.2 Å². The average molecular weight is 367 g/mol. The maximum atomic E-state index is 13.6. The summed E-state index contributed by atoms with van der Waals surface area (Å²) in [6, 6.07) is 10.5. The molecule has 2 amide bonds. The fourth-order valence-corrected chi connectivity index (χ4v) is 2.61. The van der Waals surface area contributed by atoms with Crippen LogP contribution in [0.15, 0.2) is 42.5 Å². The molecule has 0 heterocycles. The SMILES string of the molecule is O=C(Nc1ccc(Cl)c(Cl)c1)C1(C(=O)Nc2ccccc2F)CC1. The third-order valence-electron chi connectivity index (χ3n) is 3.92. The summed E-state index contributed by atoms with van der Waals surface area (Å²) in [4.78, 5) is 24.9. The number of nitrogens with one attached hydrogen (secondary N) is 2. The Labute approximate surface area is 148 Å². The molecule has 0 atom stereocenters. The Kier molecular flexibility index (Phi) is 4.47. The van der Waals surface area contributed by atoms with E-state index in [0.717, 1.165) is 0 Å². The minimum atomic E-state index is -1.19. The van der Waals surface area contributed by atoms with E-state index in [1.165, 1.54) is 24.3 Å². The number of anilines is 2. The monoisotopic (exact) mass is 366 g/mol. The molecular formula is C17H13Cl2FN2O2. The van der Waals surface area contributed by atoms with Crippen LogP contribution in [0.5, 0.6) is 0 Å². The number of amides is 2.